The molecular weight excluding hydrogens is 439 g/mol. The zero-order chi connectivity index (χ0) is 23.1. The molecule has 172 valence electrons. The van der Waals surface area contributed by atoms with Crippen LogP contribution in [0.1, 0.15) is 43.9 Å². The highest BCUT2D eigenvalue weighted by Gasteiger charge is 2.54. The standard InChI is InChI=1S/C24H27ClF3N3O/c1-16(2)31-15-23(21(31)17-6-8-19(25)9-7-17)10-12-30(13-11-23)22(32)29-20-5-3-4-18(14-20)24(26,27)28/h3-9,14,16,21H,10-13,15H2,1-2H3,(H,29,32). The van der Waals surface area contributed by atoms with E-state index >= 15 is 0 Å². The number of benzene rings is 2. The quantitative estimate of drug-likeness (QED) is 0.566. The van der Waals surface area contributed by atoms with Crippen LogP contribution in [0.25, 0.3) is 0 Å². The van der Waals surface area contributed by atoms with Gasteiger partial charge in [0, 0.05) is 47.8 Å². The van der Waals surface area contributed by atoms with Crippen LogP contribution >= 0.6 is 11.6 Å². The number of carbonyl (C=O) groups is 1. The Balaban J connectivity index is 1.43. The second-order valence-corrected chi connectivity index (χ2v) is 9.51. The van der Waals surface area contributed by atoms with Crippen molar-refractivity contribution in [1.29, 1.82) is 0 Å². The van der Waals surface area contributed by atoms with Gasteiger partial charge in [-0.3, -0.25) is 4.90 Å². The minimum atomic E-state index is -4.44. The summed E-state index contributed by atoms with van der Waals surface area (Å²) in [5.74, 6) is 0. The summed E-state index contributed by atoms with van der Waals surface area (Å²) in [5, 5.41) is 3.33. The van der Waals surface area contributed by atoms with Crippen LogP contribution in [0, 0.1) is 5.41 Å². The maximum absolute atomic E-state index is 12.9. The number of rotatable bonds is 3. The van der Waals surface area contributed by atoms with E-state index in [4.69, 9.17) is 11.6 Å². The Hall–Kier alpha value is -2.25. The molecule has 1 N–H and O–H groups in total. The van der Waals surface area contributed by atoms with Gasteiger partial charge in [0.25, 0.3) is 0 Å². The molecule has 1 unspecified atom stereocenters. The van der Waals surface area contributed by atoms with Crippen LogP contribution < -0.4 is 5.32 Å². The number of likely N-dealkylation sites (tertiary alicyclic amines) is 2. The summed E-state index contributed by atoms with van der Waals surface area (Å²) >= 11 is 6.08. The first-order valence-electron chi connectivity index (χ1n) is 10.8. The Morgan fingerprint density at radius 3 is 2.38 bits per heavy atom. The predicted molar refractivity (Wildman–Crippen MR) is 120 cm³/mol. The number of alkyl halides is 3. The summed E-state index contributed by atoms with van der Waals surface area (Å²) < 4.78 is 38.8. The van der Waals surface area contributed by atoms with Crippen LogP contribution in [0.3, 0.4) is 0 Å². The van der Waals surface area contributed by atoms with E-state index in [-0.39, 0.29) is 23.2 Å². The van der Waals surface area contributed by atoms with Crippen LogP contribution in [0.2, 0.25) is 5.02 Å². The number of nitrogens with one attached hydrogen (secondary N) is 1. The van der Waals surface area contributed by atoms with E-state index in [1.165, 1.54) is 17.7 Å². The number of halogens is 4. The first kappa shape index (κ1) is 22.9. The number of hydrogen-bond acceptors (Lipinski definition) is 2. The number of nitrogens with zero attached hydrogens (tertiary/aromatic N) is 2. The molecule has 0 aliphatic carbocycles. The van der Waals surface area contributed by atoms with Crippen LogP contribution in [0.5, 0.6) is 0 Å². The number of carbonyl (C=O) groups excluding carboxylic acids is 1. The Kier molecular flexibility index (Phi) is 6.16. The second kappa shape index (κ2) is 8.60. The Morgan fingerprint density at radius 1 is 1.12 bits per heavy atom. The third-order valence-electron chi connectivity index (χ3n) is 6.75. The van der Waals surface area contributed by atoms with Crippen molar-refractivity contribution in [3.8, 4) is 0 Å². The van der Waals surface area contributed by atoms with Gasteiger partial charge < -0.3 is 10.2 Å². The minimum absolute atomic E-state index is 0.0884. The maximum Gasteiger partial charge on any atom is 0.416 e. The molecule has 2 aliphatic rings. The van der Waals surface area contributed by atoms with Crippen LogP contribution in [0.15, 0.2) is 48.5 Å². The molecule has 0 bridgehead atoms. The molecule has 1 atom stereocenters. The van der Waals surface area contributed by atoms with E-state index in [1.807, 2.05) is 12.1 Å². The first-order chi connectivity index (χ1) is 15.1. The molecule has 4 rings (SSSR count). The number of hydrogen-bond donors (Lipinski definition) is 1. The third-order valence-corrected chi connectivity index (χ3v) is 7.00. The van der Waals surface area contributed by atoms with Crippen LogP contribution in [-0.2, 0) is 6.18 Å². The Labute approximate surface area is 191 Å². The number of urea groups is 1. The van der Waals surface area contributed by atoms with E-state index in [0.29, 0.717) is 24.2 Å². The monoisotopic (exact) mass is 465 g/mol. The average molecular weight is 466 g/mol. The van der Waals surface area contributed by atoms with Crippen molar-refractivity contribution in [2.24, 2.45) is 5.41 Å². The fourth-order valence-corrected chi connectivity index (χ4v) is 5.14. The summed E-state index contributed by atoms with van der Waals surface area (Å²) in [5.41, 5.74) is 0.697. The molecule has 8 heteroatoms. The normalized spacial score (nSPS) is 21.0. The van der Waals surface area contributed by atoms with Gasteiger partial charge >= 0.3 is 12.2 Å². The van der Waals surface area contributed by atoms with Gasteiger partial charge in [0.05, 0.1) is 5.56 Å². The lowest BCUT2D eigenvalue weighted by molar-refractivity contribution is -0.137. The molecule has 2 amide bonds. The lowest BCUT2D eigenvalue weighted by Gasteiger charge is -2.62. The molecule has 2 heterocycles. The van der Waals surface area contributed by atoms with Crippen molar-refractivity contribution in [2.45, 2.75) is 44.9 Å². The van der Waals surface area contributed by atoms with E-state index in [0.717, 1.165) is 31.5 Å². The van der Waals surface area contributed by atoms with Gasteiger partial charge in [-0.05, 0) is 62.6 Å². The van der Waals surface area contributed by atoms with E-state index in [9.17, 15) is 18.0 Å². The molecule has 0 saturated carbocycles. The zero-order valence-corrected chi connectivity index (χ0v) is 18.9. The lowest BCUT2D eigenvalue weighted by atomic mass is 9.62. The van der Waals surface area contributed by atoms with Gasteiger partial charge in [0.2, 0.25) is 0 Å². The second-order valence-electron chi connectivity index (χ2n) is 9.08. The van der Waals surface area contributed by atoms with Gasteiger partial charge in [-0.1, -0.05) is 29.8 Å². The fraction of sp³-hybridized carbons (Fsp3) is 0.458. The van der Waals surface area contributed by atoms with E-state index in [2.05, 4.69) is 36.2 Å². The summed E-state index contributed by atoms with van der Waals surface area (Å²) in [6.45, 7) is 6.49. The SMILES string of the molecule is CC(C)N1CC2(CCN(C(=O)Nc3cccc(C(F)(F)F)c3)CC2)C1c1ccc(Cl)cc1. The summed E-state index contributed by atoms with van der Waals surface area (Å²) in [6.07, 6.45) is -2.75. The summed E-state index contributed by atoms with van der Waals surface area (Å²) in [7, 11) is 0. The summed E-state index contributed by atoms with van der Waals surface area (Å²) in [4.78, 5) is 16.9. The van der Waals surface area contributed by atoms with Gasteiger partial charge in [-0.25, -0.2) is 4.79 Å². The molecule has 0 aromatic heterocycles. The van der Waals surface area contributed by atoms with Crippen molar-refractivity contribution in [1.82, 2.24) is 9.80 Å². The highest BCUT2D eigenvalue weighted by Crippen LogP contribution is 2.55. The molecule has 1 spiro atoms. The largest absolute Gasteiger partial charge is 0.416 e. The van der Waals surface area contributed by atoms with Gasteiger partial charge in [0.15, 0.2) is 0 Å². The molecular formula is C24H27ClF3N3O. The molecule has 2 fully saturated rings. The smallest absolute Gasteiger partial charge is 0.324 e. The Morgan fingerprint density at radius 2 is 1.78 bits per heavy atom. The van der Waals surface area contributed by atoms with Crippen molar-refractivity contribution < 1.29 is 18.0 Å². The van der Waals surface area contributed by atoms with Crippen molar-refractivity contribution in [3.63, 3.8) is 0 Å². The van der Waals surface area contributed by atoms with Crippen molar-refractivity contribution >= 4 is 23.3 Å². The molecule has 0 radical (unpaired) electrons. The lowest BCUT2D eigenvalue weighted by Crippen LogP contribution is -2.64. The molecule has 2 saturated heterocycles. The predicted octanol–water partition coefficient (Wildman–Crippen LogP) is 6.44. The van der Waals surface area contributed by atoms with Gasteiger partial charge in [-0.2, -0.15) is 13.2 Å². The highest BCUT2D eigenvalue weighted by molar-refractivity contribution is 6.30. The number of anilines is 1. The first-order valence-corrected chi connectivity index (χ1v) is 11.2. The van der Waals surface area contributed by atoms with E-state index < -0.39 is 11.7 Å². The highest BCUT2D eigenvalue weighted by atomic mass is 35.5. The molecule has 2 aromatic carbocycles. The fourth-order valence-electron chi connectivity index (χ4n) is 5.01. The molecule has 2 aromatic rings. The van der Waals surface area contributed by atoms with Gasteiger partial charge in [0.1, 0.15) is 0 Å². The molecule has 4 nitrogen and oxygen atoms in total. The number of piperidine rings is 1. The number of amides is 2. The third kappa shape index (κ3) is 4.46. The van der Waals surface area contributed by atoms with Crippen molar-refractivity contribution in [3.05, 3.63) is 64.7 Å². The van der Waals surface area contributed by atoms with E-state index in [1.54, 1.807) is 4.90 Å². The zero-order valence-electron chi connectivity index (χ0n) is 18.1. The van der Waals surface area contributed by atoms with Crippen molar-refractivity contribution in [2.75, 3.05) is 25.0 Å². The Bertz CT molecular complexity index is 969. The minimum Gasteiger partial charge on any atom is -0.324 e. The topological polar surface area (TPSA) is 35.6 Å². The van der Waals surface area contributed by atoms with Crippen LogP contribution in [-0.4, -0.2) is 41.5 Å². The molecule has 2 aliphatic heterocycles. The summed E-state index contributed by atoms with van der Waals surface area (Å²) in [6, 6.07) is 13.0. The van der Waals surface area contributed by atoms with Gasteiger partial charge in [-0.15, -0.1) is 0 Å². The van der Waals surface area contributed by atoms with Crippen LogP contribution in [0.4, 0.5) is 23.7 Å². The average Bonchev–Trinajstić information content (AvgIpc) is 2.73. The maximum atomic E-state index is 12.9. The molecule has 32 heavy (non-hydrogen) atoms.